The Hall–Kier alpha value is -0.990. The number of carboxylic acids is 1. The fourth-order valence-corrected chi connectivity index (χ4v) is 2.01. The van der Waals surface area contributed by atoms with Crippen LogP contribution in [-0.2, 0) is 4.79 Å². The minimum atomic E-state index is -0.833. The standard InChI is InChI=1S/C8H12O.C2H4O2/c9-8-4-2-6-1-3-7(8)5-6;1-2(3)4/h4,6-7,9H,1-3,5H2;1H3,(H,3,4). The molecular formula is C10H16O3. The molecule has 2 unspecified atom stereocenters. The molecule has 1 fully saturated rings. The molecule has 2 N–H and O–H groups in total. The van der Waals surface area contributed by atoms with E-state index in [9.17, 15) is 5.11 Å². The lowest BCUT2D eigenvalue weighted by molar-refractivity contribution is -0.134. The van der Waals surface area contributed by atoms with Crippen molar-refractivity contribution >= 4 is 5.97 Å². The van der Waals surface area contributed by atoms with Crippen LogP contribution >= 0.6 is 0 Å². The molecule has 3 heteroatoms. The van der Waals surface area contributed by atoms with Crippen LogP contribution < -0.4 is 0 Å². The number of aliphatic hydroxyl groups excluding tert-OH is 1. The van der Waals surface area contributed by atoms with Crippen LogP contribution in [0.25, 0.3) is 0 Å². The first kappa shape index (κ1) is 10.1. The van der Waals surface area contributed by atoms with Crippen LogP contribution in [0.2, 0.25) is 0 Å². The van der Waals surface area contributed by atoms with Crippen LogP contribution in [0, 0.1) is 11.8 Å². The summed E-state index contributed by atoms with van der Waals surface area (Å²) in [6, 6.07) is 0. The second kappa shape index (κ2) is 4.30. The van der Waals surface area contributed by atoms with Gasteiger partial charge in [-0.15, -0.1) is 0 Å². The predicted molar refractivity (Wildman–Crippen MR) is 49.5 cm³/mol. The number of rotatable bonds is 0. The van der Waals surface area contributed by atoms with Crippen LogP contribution in [0.5, 0.6) is 0 Å². The Bertz CT molecular complexity index is 216. The van der Waals surface area contributed by atoms with Gasteiger partial charge in [0.15, 0.2) is 0 Å². The van der Waals surface area contributed by atoms with Crippen LogP contribution in [0.3, 0.4) is 0 Å². The van der Waals surface area contributed by atoms with Crippen molar-refractivity contribution in [1.82, 2.24) is 0 Å². The fraction of sp³-hybridized carbons (Fsp3) is 0.700. The zero-order chi connectivity index (χ0) is 9.84. The van der Waals surface area contributed by atoms with Gasteiger partial charge in [-0.25, -0.2) is 0 Å². The number of allylic oxidation sites excluding steroid dienone is 2. The average molecular weight is 184 g/mol. The smallest absolute Gasteiger partial charge is 0.300 e. The Morgan fingerprint density at radius 1 is 1.54 bits per heavy atom. The van der Waals surface area contributed by atoms with E-state index >= 15 is 0 Å². The lowest BCUT2D eigenvalue weighted by atomic mass is 9.94. The molecule has 0 saturated heterocycles. The van der Waals surface area contributed by atoms with Gasteiger partial charge in [-0.05, 0) is 37.7 Å². The summed E-state index contributed by atoms with van der Waals surface area (Å²) >= 11 is 0. The summed E-state index contributed by atoms with van der Waals surface area (Å²) in [5.41, 5.74) is 0. The van der Waals surface area contributed by atoms with Gasteiger partial charge in [0.2, 0.25) is 0 Å². The monoisotopic (exact) mass is 184 g/mol. The fourth-order valence-electron chi connectivity index (χ4n) is 2.01. The lowest BCUT2D eigenvalue weighted by Gasteiger charge is -2.14. The van der Waals surface area contributed by atoms with Crippen LogP contribution in [0.4, 0.5) is 0 Å². The zero-order valence-corrected chi connectivity index (χ0v) is 7.86. The second-order valence-electron chi connectivity index (χ2n) is 3.76. The molecule has 13 heavy (non-hydrogen) atoms. The summed E-state index contributed by atoms with van der Waals surface area (Å²) in [4.78, 5) is 9.00. The highest BCUT2D eigenvalue weighted by Gasteiger charge is 2.29. The molecule has 0 aromatic rings. The summed E-state index contributed by atoms with van der Waals surface area (Å²) in [5.74, 6) is 1.29. The summed E-state index contributed by atoms with van der Waals surface area (Å²) in [6.07, 6.45) is 6.95. The molecule has 2 aliphatic carbocycles. The average Bonchev–Trinajstić information content (AvgIpc) is 2.41. The van der Waals surface area contributed by atoms with E-state index in [1.807, 2.05) is 6.08 Å². The van der Waals surface area contributed by atoms with E-state index in [1.165, 1.54) is 19.3 Å². The topological polar surface area (TPSA) is 57.5 Å². The molecule has 0 spiro atoms. The second-order valence-corrected chi connectivity index (χ2v) is 3.76. The molecule has 0 radical (unpaired) electrons. The number of fused-ring (bicyclic) bond motifs is 2. The van der Waals surface area contributed by atoms with Gasteiger partial charge in [-0.3, -0.25) is 4.79 Å². The van der Waals surface area contributed by atoms with Crippen molar-refractivity contribution in [2.75, 3.05) is 0 Å². The first-order chi connectivity index (χ1) is 6.09. The van der Waals surface area contributed by atoms with E-state index in [2.05, 4.69) is 0 Å². The van der Waals surface area contributed by atoms with Crippen molar-refractivity contribution in [2.24, 2.45) is 11.8 Å². The Kier molecular flexibility index (Phi) is 3.34. The summed E-state index contributed by atoms with van der Waals surface area (Å²) in [6.45, 7) is 1.08. The van der Waals surface area contributed by atoms with Gasteiger partial charge in [0, 0.05) is 12.8 Å². The number of carboxylic acid groups (broad SMARTS) is 1. The zero-order valence-electron chi connectivity index (χ0n) is 7.86. The maximum atomic E-state index is 9.26. The highest BCUT2D eigenvalue weighted by molar-refractivity contribution is 5.62. The van der Waals surface area contributed by atoms with Gasteiger partial charge >= 0.3 is 0 Å². The Balaban J connectivity index is 0.000000184. The van der Waals surface area contributed by atoms with Crippen LogP contribution in [0.15, 0.2) is 11.8 Å². The molecule has 2 bridgehead atoms. The van der Waals surface area contributed by atoms with Crippen molar-refractivity contribution in [3.05, 3.63) is 11.8 Å². The summed E-state index contributed by atoms with van der Waals surface area (Å²) in [5, 5.41) is 16.7. The number of hydrogen-bond acceptors (Lipinski definition) is 2. The van der Waals surface area contributed by atoms with E-state index in [1.54, 1.807) is 0 Å². The van der Waals surface area contributed by atoms with Crippen LogP contribution in [-0.4, -0.2) is 16.2 Å². The van der Waals surface area contributed by atoms with Gasteiger partial charge in [-0.2, -0.15) is 0 Å². The van der Waals surface area contributed by atoms with Gasteiger partial charge in [0.05, 0.1) is 5.76 Å². The molecule has 0 heterocycles. The first-order valence-corrected chi connectivity index (χ1v) is 4.68. The van der Waals surface area contributed by atoms with Gasteiger partial charge in [-0.1, -0.05) is 0 Å². The molecule has 2 rings (SSSR count). The third-order valence-corrected chi connectivity index (χ3v) is 2.62. The van der Waals surface area contributed by atoms with Crippen molar-refractivity contribution in [3.63, 3.8) is 0 Å². The minimum Gasteiger partial charge on any atom is -0.512 e. The summed E-state index contributed by atoms with van der Waals surface area (Å²) < 4.78 is 0. The maximum absolute atomic E-state index is 9.26. The Labute approximate surface area is 78.1 Å². The molecule has 0 aliphatic heterocycles. The number of hydrogen-bond donors (Lipinski definition) is 2. The molecule has 74 valence electrons. The molecule has 2 atom stereocenters. The van der Waals surface area contributed by atoms with E-state index in [0.29, 0.717) is 11.7 Å². The molecule has 0 aromatic carbocycles. The van der Waals surface area contributed by atoms with Crippen molar-refractivity contribution < 1.29 is 15.0 Å². The highest BCUT2D eigenvalue weighted by Crippen LogP contribution is 2.40. The van der Waals surface area contributed by atoms with E-state index < -0.39 is 5.97 Å². The first-order valence-electron chi connectivity index (χ1n) is 4.68. The van der Waals surface area contributed by atoms with Crippen molar-refractivity contribution in [3.8, 4) is 0 Å². The van der Waals surface area contributed by atoms with Gasteiger partial charge < -0.3 is 10.2 Å². The molecule has 1 saturated carbocycles. The molecule has 3 nitrogen and oxygen atoms in total. The highest BCUT2D eigenvalue weighted by atomic mass is 16.4. The largest absolute Gasteiger partial charge is 0.512 e. The van der Waals surface area contributed by atoms with E-state index in [0.717, 1.165) is 19.3 Å². The molecule has 0 amide bonds. The number of aliphatic carboxylic acids is 1. The lowest BCUT2D eigenvalue weighted by Crippen LogP contribution is -2.04. The predicted octanol–water partition coefficient (Wildman–Crippen LogP) is 2.34. The van der Waals surface area contributed by atoms with Crippen LogP contribution in [0.1, 0.15) is 32.6 Å². The number of aliphatic hydroxyl groups is 1. The minimum absolute atomic E-state index is 0.545. The van der Waals surface area contributed by atoms with Crippen molar-refractivity contribution in [1.29, 1.82) is 0 Å². The molecule has 2 aliphatic rings. The van der Waals surface area contributed by atoms with E-state index in [-0.39, 0.29) is 0 Å². The van der Waals surface area contributed by atoms with E-state index in [4.69, 9.17) is 9.90 Å². The Morgan fingerprint density at radius 2 is 2.15 bits per heavy atom. The van der Waals surface area contributed by atoms with Gasteiger partial charge in [0.25, 0.3) is 5.97 Å². The number of carbonyl (C=O) groups is 1. The van der Waals surface area contributed by atoms with Gasteiger partial charge in [0.1, 0.15) is 0 Å². The van der Waals surface area contributed by atoms with Crippen molar-refractivity contribution in [2.45, 2.75) is 32.6 Å². The molecule has 0 aromatic heterocycles. The SMILES string of the molecule is CC(=O)O.OC1=CCC2CCC1C2. The molecular weight excluding hydrogens is 168 g/mol. The maximum Gasteiger partial charge on any atom is 0.300 e. The third-order valence-electron chi connectivity index (χ3n) is 2.62. The Morgan fingerprint density at radius 3 is 2.69 bits per heavy atom. The summed E-state index contributed by atoms with van der Waals surface area (Å²) in [7, 11) is 0. The normalized spacial score (nSPS) is 30.1. The third kappa shape index (κ3) is 3.09. The quantitative estimate of drug-likeness (QED) is 0.607.